The maximum Gasteiger partial charge on any atom is 0.220 e. The Morgan fingerprint density at radius 3 is 2.52 bits per heavy atom. The van der Waals surface area contributed by atoms with Gasteiger partial charge < -0.3 is 15.1 Å². The Kier molecular flexibility index (Phi) is 7.44. The molecule has 0 bridgehead atoms. The number of hydrogen-bond donors (Lipinski definition) is 1. The highest BCUT2D eigenvalue weighted by molar-refractivity contribution is 7.98. The summed E-state index contributed by atoms with van der Waals surface area (Å²) in [5.41, 5.74) is 4.04. The number of nitrogens with one attached hydrogen (secondary N) is 1. The quantitative estimate of drug-likeness (QED) is 0.550. The zero-order chi connectivity index (χ0) is 20.8. The molecule has 0 spiro atoms. The van der Waals surface area contributed by atoms with E-state index >= 15 is 0 Å². The molecular weight excluding hydrogens is 384 g/mol. The molecule has 3 heterocycles. The number of aryl methyl sites for hydroxylation is 2. The van der Waals surface area contributed by atoms with E-state index < -0.39 is 0 Å². The number of amides is 1. The van der Waals surface area contributed by atoms with Crippen LogP contribution < -0.4 is 10.2 Å². The van der Waals surface area contributed by atoms with Gasteiger partial charge in [-0.3, -0.25) is 4.79 Å². The van der Waals surface area contributed by atoms with Gasteiger partial charge in [0.25, 0.3) is 0 Å². The van der Waals surface area contributed by atoms with Crippen LogP contribution in [0, 0.1) is 13.8 Å². The number of anilines is 1. The molecule has 156 valence electrons. The maximum atomic E-state index is 12.5. The van der Waals surface area contributed by atoms with Gasteiger partial charge in [-0.2, -0.15) is 0 Å². The van der Waals surface area contributed by atoms with Crippen LogP contribution in [0.3, 0.4) is 0 Å². The van der Waals surface area contributed by atoms with Crippen LogP contribution in [0.2, 0.25) is 0 Å². The van der Waals surface area contributed by atoms with Crippen molar-refractivity contribution in [2.75, 3.05) is 44.4 Å². The second kappa shape index (κ2) is 10.0. The summed E-state index contributed by atoms with van der Waals surface area (Å²) in [5, 5.41) is 3.84. The number of pyridine rings is 1. The minimum atomic E-state index is 0.0333. The highest BCUT2D eigenvalue weighted by atomic mass is 32.2. The summed E-state index contributed by atoms with van der Waals surface area (Å²) in [4.78, 5) is 30.7. The molecule has 7 nitrogen and oxygen atoms in total. The Balaban J connectivity index is 1.57. The van der Waals surface area contributed by atoms with Gasteiger partial charge in [-0.05, 0) is 45.2 Å². The monoisotopic (exact) mass is 414 g/mol. The summed E-state index contributed by atoms with van der Waals surface area (Å²) in [5.74, 6) is 1.01. The van der Waals surface area contributed by atoms with E-state index in [-0.39, 0.29) is 5.91 Å². The van der Waals surface area contributed by atoms with Crippen LogP contribution in [0.25, 0.3) is 0 Å². The van der Waals surface area contributed by atoms with E-state index in [1.54, 1.807) is 0 Å². The lowest BCUT2D eigenvalue weighted by Gasteiger charge is -2.34. The van der Waals surface area contributed by atoms with E-state index in [1.165, 1.54) is 11.8 Å². The molecule has 1 aliphatic rings. The lowest BCUT2D eigenvalue weighted by molar-refractivity contribution is -0.121. The van der Waals surface area contributed by atoms with Gasteiger partial charge in [0.15, 0.2) is 5.16 Å². The van der Waals surface area contributed by atoms with Crippen molar-refractivity contribution in [3.05, 3.63) is 40.8 Å². The van der Waals surface area contributed by atoms with Gasteiger partial charge >= 0.3 is 0 Å². The molecule has 0 aliphatic carbocycles. The van der Waals surface area contributed by atoms with Crippen LogP contribution in [-0.2, 0) is 17.8 Å². The summed E-state index contributed by atoms with van der Waals surface area (Å²) >= 11 is 1.54. The third-order valence-electron chi connectivity index (χ3n) is 5.33. The first-order valence-electron chi connectivity index (χ1n) is 10.00. The van der Waals surface area contributed by atoms with E-state index in [1.807, 2.05) is 38.4 Å². The average Bonchev–Trinajstić information content (AvgIpc) is 2.72. The van der Waals surface area contributed by atoms with Gasteiger partial charge in [-0.15, -0.1) is 0 Å². The van der Waals surface area contributed by atoms with E-state index in [2.05, 4.69) is 37.1 Å². The third-order valence-corrected chi connectivity index (χ3v) is 5.88. The summed E-state index contributed by atoms with van der Waals surface area (Å²) < 4.78 is 0. The first kappa shape index (κ1) is 21.5. The molecule has 3 rings (SSSR count). The van der Waals surface area contributed by atoms with Crippen molar-refractivity contribution in [3.8, 4) is 0 Å². The lowest BCUT2D eigenvalue weighted by atomic mass is 10.1. The standard InChI is InChI=1S/C21H30N6OS/c1-15-18(16(2)25-21(24-15)29-4)7-8-19(28)23-14-17-6-5-9-22-20(17)27-12-10-26(3)11-13-27/h5-6,9H,7-8,10-14H2,1-4H3,(H,23,28). The van der Waals surface area contributed by atoms with Crippen molar-refractivity contribution >= 4 is 23.5 Å². The van der Waals surface area contributed by atoms with Gasteiger partial charge in [-0.1, -0.05) is 17.8 Å². The Bertz CT molecular complexity index is 828. The number of piperazine rings is 1. The van der Waals surface area contributed by atoms with Crippen LogP contribution in [-0.4, -0.2) is 65.2 Å². The fourth-order valence-corrected chi connectivity index (χ4v) is 4.01. The van der Waals surface area contributed by atoms with Gasteiger partial charge in [0, 0.05) is 62.3 Å². The average molecular weight is 415 g/mol. The van der Waals surface area contributed by atoms with Crippen LogP contribution >= 0.6 is 11.8 Å². The topological polar surface area (TPSA) is 74.2 Å². The number of thioether (sulfide) groups is 1. The zero-order valence-electron chi connectivity index (χ0n) is 17.7. The second-order valence-electron chi connectivity index (χ2n) is 7.41. The lowest BCUT2D eigenvalue weighted by Crippen LogP contribution is -2.45. The molecular formula is C21H30N6OS. The SMILES string of the molecule is CSc1nc(C)c(CCC(=O)NCc2cccnc2N2CCN(C)CC2)c(C)n1. The van der Waals surface area contributed by atoms with Crippen LogP contribution in [0.5, 0.6) is 0 Å². The summed E-state index contributed by atoms with van der Waals surface area (Å²) in [6.45, 7) is 8.43. The van der Waals surface area contributed by atoms with Gasteiger partial charge in [0.05, 0.1) is 0 Å². The van der Waals surface area contributed by atoms with E-state index in [4.69, 9.17) is 0 Å². The largest absolute Gasteiger partial charge is 0.354 e. The number of nitrogens with zero attached hydrogens (tertiary/aromatic N) is 5. The van der Waals surface area contributed by atoms with E-state index in [0.29, 0.717) is 19.4 Å². The molecule has 0 radical (unpaired) electrons. The Labute approximate surface area is 177 Å². The molecule has 2 aromatic heterocycles. The molecule has 1 amide bonds. The number of carbonyl (C=O) groups is 1. The molecule has 8 heteroatoms. The van der Waals surface area contributed by atoms with Gasteiger partial charge in [0.2, 0.25) is 5.91 Å². The minimum Gasteiger partial charge on any atom is -0.354 e. The normalized spacial score (nSPS) is 14.8. The number of aromatic nitrogens is 3. The maximum absolute atomic E-state index is 12.5. The molecule has 1 saturated heterocycles. The van der Waals surface area contributed by atoms with Crippen molar-refractivity contribution in [2.24, 2.45) is 0 Å². The number of carbonyl (C=O) groups excluding carboxylic acids is 1. The molecule has 2 aromatic rings. The van der Waals surface area contributed by atoms with Crippen molar-refractivity contribution in [1.82, 2.24) is 25.2 Å². The van der Waals surface area contributed by atoms with Gasteiger partial charge in [0.1, 0.15) is 5.82 Å². The fraction of sp³-hybridized carbons (Fsp3) is 0.524. The molecule has 1 fully saturated rings. The van der Waals surface area contributed by atoms with E-state index in [0.717, 1.165) is 59.7 Å². The van der Waals surface area contributed by atoms with Crippen LogP contribution in [0.4, 0.5) is 5.82 Å². The summed E-state index contributed by atoms with van der Waals surface area (Å²) in [7, 11) is 2.14. The zero-order valence-corrected chi connectivity index (χ0v) is 18.6. The van der Waals surface area contributed by atoms with Crippen molar-refractivity contribution in [2.45, 2.75) is 38.4 Å². The van der Waals surface area contributed by atoms with Crippen molar-refractivity contribution < 1.29 is 4.79 Å². The molecule has 29 heavy (non-hydrogen) atoms. The first-order chi connectivity index (χ1) is 14.0. The predicted molar refractivity (Wildman–Crippen MR) is 117 cm³/mol. The summed E-state index contributed by atoms with van der Waals surface area (Å²) in [6, 6.07) is 3.97. The molecule has 0 saturated carbocycles. The highest BCUT2D eigenvalue weighted by Gasteiger charge is 2.18. The summed E-state index contributed by atoms with van der Waals surface area (Å²) in [6.07, 6.45) is 4.86. The molecule has 1 N–H and O–H groups in total. The predicted octanol–water partition coefficient (Wildman–Crippen LogP) is 2.21. The number of rotatable bonds is 7. The van der Waals surface area contributed by atoms with Crippen LogP contribution in [0.1, 0.15) is 28.9 Å². The molecule has 1 aliphatic heterocycles. The van der Waals surface area contributed by atoms with Crippen molar-refractivity contribution in [1.29, 1.82) is 0 Å². The van der Waals surface area contributed by atoms with E-state index in [9.17, 15) is 4.79 Å². The molecule has 0 aromatic carbocycles. The highest BCUT2D eigenvalue weighted by Crippen LogP contribution is 2.19. The molecule has 0 unspecified atom stereocenters. The smallest absolute Gasteiger partial charge is 0.220 e. The Morgan fingerprint density at radius 1 is 1.17 bits per heavy atom. The first-order valence-corrected chi connectivity index (χ1v) is 11.2. The number of hydrogen-bond acceptors (Lipinski definition) is 7. The second-order valence-corrected chi connectivity index (χ2v) is 8.19. The third kappa shape index (κ3) is 5.67. The van der Waals surface area contributed by atoms with Crippen LogP contribution in [0.15, 0.2) is 23.5 Å². The van der Waals surface area contributed by atoms with Gasteiger partial charge in [-0.25, -0.2) is 15.0 Å². The minimum absolute atomic E-state index is 0.0333. The Morgan fingerprint density at radius 2 is 1.86 bits per heavy atom. The molecule has 0 atom stereocenters. The Hall–Kier alpha value is -2.19. The van der Waals surface area contributed by atoms with Crippen molar-refractivity contribution in [3.63, 3.8) is 0 Å². The number of likely N-dealkylation sites (N-methyl/N-ethyl adjacent to an activating group) is 1. The fourth-order valence-electron chi connectivity index (χ4n) is 3.55.